The summed E-state index contributed by atoms with van der Waals surface area (Å²) in [5.41, 5.74) is 2.64. The van der Waals surface area contributed by atoms with Gasteiger partial charge < -0.3 is 23.8 Å². The Kier molecular flexibility index (Phi) is 7.37. The molecule has 0 spiro atoms. The summed E-state index contributed by atoms with van der Waals surface area (Å²) < 4.78 is 22.0. The van der Waals surface area contributed by atoms with Gasteiger partial charge in [-0.15, -0.1) is 0 Å². The zero-order valence-electron chi connectivity index (χ0n) is 16.9. The number of methoxy groups -OCH3 is 2. The normalized spacial score (nSPS) is 14.2. The molecule has 29 heavy (non-hydrogen) atoms. The quantitative estimate of drug-likeness (QED) is 0.638. The number of hydrogen-bond acceptors (Lipinski definition) is 6. The van der Waals surface area contributed by atoms with Gasteiger partial charge in [-0.05, 0) is 35.9 Å². The van der Waals surface area contributed by atoms with E-state index in [1.807, 2.05) is 48.7 Å². The van der Waals surface area contributed by atoms with Crippen molar-refractivity contribution in [2.45, 2.75) is 13.0 Å². The summed E-state index contributed by atoms with van der Waals surface area (Å²) >= 11 is 0. The second kappa shape index (κ2) is 10.4. The highest BCUT2D eigenvalue weighted by molar-refractivity contribution is 5.44. The molecule has 1 aliphatic rings. The van der Waals surface area contributed by atoms with E-state index in [9.17, 15) is 5.26 Å². The Balaban J connectivity index is 1.70. The summed E-state index contributed by atoms with van der Waals surface area (Å²) in [7, 11) is 3.28. The molecule has 2 aromatic rings. The maximum Gasteiger partial charge on any atom is 0.122 e. The van der Waals surface area contributed by atoms with Gasteiger partial charge in [0.15, 0.2) is 0 Å². The average molecular weight is 394 g/mol. The number of rotatable bonds is 8. The van der Waals surface area contributed by atoms with Crippen molar-refractivity contribution in [2.24, 2.45) is 0 Å². The summed E-state index contributed by atoms with van der Waals surface area (Å²) in [6, 6.07) is 15.8. The smallest absolute Gasteiger partial charge is 0.122 e. The molecule has 152 valence electrons. The minimum Gasteiger partial charge on any atom is -0.497 e. The third-order valence-electron chi connectivity index (χ3n) is 4.73. The van der Waals surface area contributed by atoms with Crippen molar-refractivity contribution in [1.82, 2.24) is 4.90 Å². The Morgan fingerprint density at radius 2 is 1.79 bits per heavy atom. The fraction of sp³-hybridized carbons (Fsp3) is 0.348. The maximum atomic E-state index is 9.59. The van der Waals surface area contributed by atoms with Gasteiger partial charge in [-0.3, -0.25) is 0 Å². The highest BCUT2D eigenvalue weighted by Crippen LogP contribution is 2.27. The molecule has 0 aromatic heterocycles. The van der Waals surface area contributed by atoms with Crippen LogP contribution in [-0.2, 0) is 17.8 Å². The molecule has 1 heterocycles. The van der Waals surface area contributed by atoms with Crippen LogP contribution < -0.4 is 14.2 Å². The number of nitrogens with zero attached hydrogens (tertiary/aromatic N) is 2. The van der Waals surface area contributed by atoms with E-state index >= 15 is 0 Å². The third-order valence-corrected chi connectivity index (χ3v) is 4.73. The van der Waals surface area contributed by atoms with Crippen molar-refractivity contribution in [3.05, 3.63) is 65.4 Å². The molecule has 1 aliphatic heterocycles. The van der Waals surface area contributed by atoms with Gasteiger partial charge in [0.05, 0.1) is 33.5 Å². The first-order chi connectivity index (χ1) is 14.2. The molecule has 6 heteroatoms. The van der Waals surface area contributed by atoms with Gasteiger partial charge in [0.2, 0.25) is 0 Å². The number of hydrogen-bond donors (Lipinski definition) is 0. The van der Waals surface area contributed by atoms with Gasteiger partial charge in [0.1, 0.15) is 23.9 Å². The van der Waals surface area contributed by atoms with Crippen LogP contribution in [0.2, 0.25) is 0 Å². The number of ether oxygens (including phenoxy) is 4. The van der Waals surface area contributed by atoms with E-state index in [0.29, 0.717) is 31.8 Å². The van der Waals surface area contributed by atoms with E-state index in [1.165, 1.54) is 0 Å². The summed E-state index contributed by atoms with van der Waals surface area (Å²) in [4.78, 5) is 2.12. The lowest BCUT2D eigenvalue weighted by molar-refractivity contribution is 0.0591. The Morgan fingerprint density at radius 1 is 1.07 bits per heavy atom. The highest BCUT2D eigenvalue weighted by atomic mass is 16.5. The molecule has 1 saturated heterocycles. The molecule has 0 aliphatic carbocycles. The van der Waals surface area contributed by atoms with E-state index in [1.54, 1.807) is 14.2 Å². The largest absolute Gasteiger partial charge is 0.497 e. The van der Waals surface area contributed by atoms with Crippen molar-refractivity contribution in [3.63, 3.8) is 0 Å². The topological polar surface area (TPSA) is 64.0 Å². The molecule has 0 saturated carbocycles. The van der Waals surface area contributed by atoms with Crippen LogP contribution in [0, 0.1) is 11.3 Å². The van der Waals surface area contributed by atoms with Crippen molar-refractivity contribution in [2.75, 3.05) is 40.5 Å². The van der Waals surface area contributed by atoms with Crippen molar-refractivity contribution >= 4 is 0 Å². The minimum absolute atomic E-state index is 0.449. The standard InChI is InChI=1S/C23H26N2O4/c1-26-21-5-3-18(4-6-21)17-29-22-7-8-23(27-2)20(14-22)13-19(15-24)16-25-9-11-28-12-10-25/h3-8,14,16H,9-13,17H2,1-2H3/b19-16-. The minimum atomic E-state index is 0.449. The summed E-state index contributed by atoms with van der Waals surface area (Å²) in [6.07, 6.45) is 2.41. The van der Waals surface area contributed by atoms with Crippen LogP contribution in [0.25, 0.3) is 0 Å². The van der Waals surface area contributed by atoms with Crippen LogP contribution in [0.15, 0.2) is 54.2 Å². The summed E-state index contributed by atoms with van der Waals surface area (Å²) in [5.74, 6) is 2.29. The van der Waals surface area contributed by atoms with Gasteiger partial charge in [0, 0.05) is 36.8 Å². The van der Waals surface area contributed by atoms with Crippen LogP contribution in [0.4, 0.5) is 0 Å². The average Bonchev–Trinajstić information content (AvgIpc) is 2.78. The zero-order valence-corrected chi connectivity index (χ0v) is 16.9. The van der Waals surface area contributed by atoms with E-state index in [2.05, 4.69) is 11.0 Å². The third kappa shape index (κ3) is 5.90. The fourth-order valence-corrected chi connectivity index (χ4v) is 3.12. The van der Waals surface area contributed by atoms with Crippen LogP contribution in [-0.4, -0.2) is 45.4 Å². The Morgan fingerprint density at radius 3 is 2.45 bits per heavy atom. The molecule has 0 bridgehead atoms. The predicted molar refractivity (Wildman–Crippen MR) is 110 cm³/mol. The molecular weight excluding hydrogens is 368 g/mol. The molecular formula is C23H26N2O4. The van der Waals surface area contributed by atoms with E-state index in [-0.39, 0.29) is 0 Å². The van der Waals surface area contributed by atoms with E-state index < -0.39 is 0 Å². The lowest BCUT2D eigenvalue weighted by Gasteiger charge is -2.25. The van der Waals surface area contributed by atoms with E-state index in [0.717, 1.165) is 41.5 Å². The first-order valence-electron chi connectivity index (χ1n) is 9.57. The van der Waals surface area contributed by atoms with E-state index in [4.69, 9.17) is 18.9 Å². The molecule has 0 radical (unpaired) electrons. The molecule has 0 atom stereocenters. The van der Waals surface area contributed by atoms with Crippen LogP contribution in [0.1, 0.15) is 11.1 Å². The SMILES string of the molecule is COc1ccc(COc2ccc(OC)c(C/C(C#N)=C/N3CCOCC3)c2)cc1. The van der Waals surface area contributed by atoms with Crippen molar-refractivity contribution in [1.29, 1.82) is 5.26 Å². The number of allylic oxidation sites excluding steroid dienone is 1. The lowest BCUT2D eigenvalue weighted by atomic mass is 10.0. The molecule has 1 fully saturated rings. The van der Waals surface area contributed by atoms with Crippen LogP contribution in [0.3, 0.4) is 0 Å². The van der Waals surface area contributed by atoms with Crippen molar-refractivity contribution < 1.29 is 18.9 Å². The second-order valence-electron chi connectivity index (χ2n) is 6.70. The molecule has 0 unspecified atom stereocenters. The Labute approximate surface area is 171 Å². The Bertz CT molecular complexity index is 865. The highest BCUT2D eigenvalue weighted by Gasteiger charge is 2.12. The van der Waals surface area contributed by atoms with Gasteiger partial charge in [-0.1, -0.05) is 12.1 Å². The Hall–Kier alpha value is -3.17. The van der Waals surface area contributed by atoms with Crippen molar-refractivity contribution in [3.8, 4) is 23.3 Å². The van der Waals surface area contributed by atoms with Gasteiger partial charge in [-0.25, -0.2) is 0 Å². The number of morpholine rings is 1. The first-order valence-corrected chi connectivity index (χ1v) is 9.57. The molecule has 6 nitrogen and oxygen atoms in total. The zero-order chi connectivity index (χ0) is 20.5. The monoisotopic (exact) mass is 394 g/mol. The summed E-state index contributed by atoms with van der Waals surface area (Å²) in [5, 5.41) is 9.59. The van der Waals surface area contributed by atoms with Gasteiger partial charge in [0.25, 0.3) is 0 Å². The van der Waals surface area contributed by atoms with Crippen LogP contribution >= 0.6 is 0 Å². The molecule has 3 rings (SSSR count). The molecule has 0 amide bonds. The molecule has 2 aromatic carbocycles. The fourth-order valence-electron chi connectivity index (χ4n) is 3.12. The number of benzene rings is 2. The number of nitriles is 1. The predicted octanol–water partition coefficient (Wildman–Crippen LogP) is 3.56. The van der Waals surface area contributed by atoms with Gasteiger partial charge in [-0.2, -0.15) is 5.26 Å². The van der Waals surface area contributed by atoms with Gasteiger partial charge >= 0.3 is 0 Å². The second-order valence-corrected chi connectivity index (χ2v) is 6.70. The summed E-state index contributed by atoms with van der Waals surface area (Å²) in [6.45, 7) is 3.42. The maximum absolute atomic E-state index is 9.59. The van der Waals surface area contributed by atoms with Crippen LogP contribution in [0.5, 0.6) is 17.2 Å². The first kappa shape index (κ1) is 20.6. The molecule has 0 N–H and O–H groups in total. The lowest BCUT2D eigenvalue weighted by Crippen LogP contribution is -2.32.